The maximum Gasteiger partial charge on any atom is 0.208 e. The van der Waals surface area contributed by atoms with Crippen LogP contribution in [-0.4, -0.2) is 18.2 Å². The highest BCUT2D eigenvalue weighted by Crippen LogP contribution is 2.03. The molecule has 0 aliphatic carbocycles. The van der Waals surface area contributed by atoms with Crippen molar-refractivity contribution in [1.82, 2.24) is 10.3 Å². The molecule has 3 nitrogen and oxygen atoms in total. The van der Waals surface area contributed by atoms with E-state index in [4.69, 9.17) is 4.42 Å². The number of halogens is 1. The standard InChI is InChI=1S/C8H13FN2O/c1-2-7-5-11-8(12-7)6-10-4-3-9/h5,10H,2-4,6H2,1H3. The summed E-state index contributed by atoms with van der Waals surface area (Å²) >= 11 is 0. The lowest BCUT2D eigenvalue weighted by Crippen LogP contribution is -2.15. The molecule has 0 atom stereocenters. The van der Waals surface area contributed by atoms with Crippen LogP contribution in [0.1, 0.15) is 18.6 Å². The molecule has 1 aromatic rings. The molecule has 1 N–H and O–H groups in total. The summed E-state index contributed by atoms with van der Waals surface area (Å²) < 4.78 is 16.9. The number of nitrogens with zero attached hydrogens (tertiary/aromatic N) is 1. The summed E-state index contributed by atoms with van der Waals surface area (Å²) in [6.07, 6.45) is 2.54. The third-order valence-electron chi connectivity index (χ3n) is 1.50. The lowest BCUT2D eigenvalue weighted by atomic mass is 10.4. The topological polar surface area (TPSA) is 38.1 Å². The van der Waals surface area contributed by atoms with E-state index in [9.17, 15) is 4.39 Å². The fourth-order valence-corrected chi connectivity index (χ4v) is 0.855. The molecule has 1 heterocycles. The number of rotatable bonds is 5. The van der Waals surface area contributed by atoms with Crippen LogP contribution in [0.5, 0.6) is 0 Å². The van der Waals surface area contributed by atoms with Gasteiger partial charge in [0, 0.05) is 13.0 Å². The number of hydrogen-bond acceptors (Lipinski definition) is 3. The van der Waals surface area contributed by atoms with E-state index < -0.39 is 0 Å². The van der Waals surface area contributed by atoms with Crippen molar-refractivity contribution >= 4 is 0 Å². The van der Waals surface area contributed by atoms with Crippen LogP contribution < -0.4 is 5.32 Å². The molecule has 0 amide bonds. The SMILES string of the molecule is CCc1cnc(CNCCF)o1. The minimum Gasteiger partial charge on any atom is -0.444 e. The lowest BCUT2D eigenvalue weighted by molar-refractivity contribution is 0.418. The molecule has 68 valence electrons. The molecule has 0 bridgehead atoms. The normalized spacial score (nSPS) is 10.5. The predicted molar refractivity (Wildman–Crippen MR) is 43.6 cm³/mol. The third kappa shape index (κ3) is 2.62. The average Bonchev–Trinajstić information content (AvgIpc) is 2.53. The second-order valence-corrected chi connectivity index (χ2v) is 2.44. The summed E-state index contributed by atoms with van der Waals surface area (Å²) in [6.45, 7) is 2.49. The number of oxazole rings is 1. The second kappa shape index (κ2) is 4.87. The van der Waals surface area contributed by atoms with Crippen molar-refractivity contribution in [2.45, 2.75) is 19.9 Å². The predicted octanol–water partition coefficient (Wildman–Crippen LogP) is 1.30. The molecular weight excluding hydrogens is 159 g/mol. The number of hydrogen-bond donors (Lipinski definition) is 1. The summed E-state index contributed by atoms with van der Waals surface area (Å²) in [5.41, 5.74) is 0. The monoisotopic (exact) mass is 172 g/mol. The largest absolute Gasteiger partial charge is 0.444 e. The van der Waals surface area contributed by atoms with E-state index in [2.05, 4.69) is 10.3 Å². The molecule has 1 rings (SSSR count). The second-order valence-electron chi connectivity index (χ2n) is 2.44. The Morgan fingerprint density at radius 2 is 2.50 bits per heavy atom. The molecule has 1 aromatic heterocycles. The molecule has 0 aliphatic heterocycles. The zero-order valence-electron chi connectivity index (χ0n) is 7.14. The molecule has 0 spiro atoms. The minimum absolute atomic E-state index is 0.351. The Morgan fingerprint density at radius 1 is 1.67 bits per heavy atom. The van der Waals surface area contributed by atoms with E-state index in [1.165, 1.54) is 0 Å². The van der Waals surface area contributed by atoms with E-state index in [1.807, 2.05) is 6.92 Å². The smallest absolute Gasteiger partial charge is 0.208 e. The molecule has 0 aromatic carbocycles. The maximum atomic E-state index is 11.7. The first kappa shape index (κ1) is 9.19. The molecular formula is C8H13FN2O. The van der Waals surface area contributed by atoms with Gasteiger partial charge in [-0.1, -0.05) is 6.92 Å². The van der Waals surface area contributed by atoms with Crippen LogP contribution in [0.15, 0.2) is 10.6 Å². The number of aromatic nitrogens is 1. The van der Waals surface area contributed by atoms with Crippen molar-refractivity contribution in [2.24, 2.45) is 0 Å². The first-order valence-electron chi connectivity index (χ1n) is 4.07. The van der Waals surface area contributed by atoms with Gasteiger partial charge in [-0.3, -0.25) is 0 Å². The molecule has 0 radical (unpaired) electrons. The van der Waals surface area contributed by atoms with Crippen molar-refractivity contribution < 1.29 is 8.81 Å². The van der Waals surface area contributed by atoms with E-state index in [0.29, 0.717) is 19.0 Å². The molecule has 0 aliphatic rings. The van der Waals surface area contributed by atoms with Gasteiger partial charge >= 0.3 is 0 Å². The average molecular weight is 172 g/mol. The third-order valence-corrected chi connectivity index (χ3v) is 1.50. The van der Waals surface area contributed by atoms with Gasteiger partial charge in [0.15, 0.2) is 0 Å². The Bertz CT molecular complexity index is 225. The van der Waals surface area contributed by atoms with Crippen molar-refractivity contribution in [1.29, 1.82) is 0 Å². The van der Waals surface area contributed by atoms with E-state index in [-0.39, 0.29) is 6.67 Å². The molecule has 0 saturated heterocycles. The van der Waals surface area contributed by atoms with Crippen LogP contribution in [0.3, 0.4) is 0 Å². The summed E-state index contributed by atoms with van der Waals surface area (Å²) in [5, 5.41) is 2.86. The van der Waals surface area contributed by atoms with Crippen molar-refractivity contribution in [2.75, 3.05) is 13.2 Å². The molecule has 4 heteroatoms. The highest BCUT2D eigenvalue weighted by molar-refractivity contribution is 4.93. The Labute approximate surface area is 71.0 Å². The zero-order chi connectivity index (χ0) is 8.81. The van der Waals surface area contributed by atoms with E-state index in [0.717, 1.165) is 12.2 Å². The van der Waals surface area contributed by atoms with Crippen LogP contribution in [0.4, 0.5) is 4.39 Å². The van der Waals surface area contributed by atoms with E-state index in [1.54, 1.807) is 6.20 Å². The van der Waals surface area contributed by atoms with Crippen molar-refractivity contribution in [3.63, 3.8) is 0 Å². The van der Waals surface area contributed by atoms with Crippen LogP contribution in [0.25, 0.3) is 0 Å². The van der Waals surface area contributed by atoms with Crippen LogP contribution in [0, 0.1) is 0 Å². The number of aryl methyl sites for hydroxylation is 1. The summed E-state index contributed by atoms with van der Waals surface area (Å²) in [6, 6.07) is 0. The summed E-state index contributed by atoms with van der Waals surface area (Å²) in [5.74, 6) is 1.49. The first-order valence-corrected chi connectivity index (χ1v) is 4.07. The van der Waals surface area contributed by atoms with Gasteiger partial charge in [0.05, 0.1) is 12.7 Å². The minimum atomic E-state index is -0.360. The summed E-state index contributed by atoms with van der Waals surface area (Å²) in [7, 11) is 0. The molecule has 0 saturated carbocycles. The Balaban J connectivity index is 2.31. The quantitative estimate of drug-likeness (QED) is 0.680. The summed E-state index contributed by atoms with van der Waals surface area (Å²) in [4.78, 5) is 4.01. The van der Waals surface area contributed by atoms with Gasteiger partial charge in [-0.2, -0.15) is 0 Å². The zero-order valence-corrected chi connectivity index (χ0v) is 7.14. The van der Waals surface area contributed by atoms with Gasteiger partial charge < -0.3 is 9.73 Å². The highest BCUT2D eigenvalue weighted by atomic mass is 19.1. The van der Waals surface area contributed by atoms with Gasteiger partial charge in [0.2, 0.25) is 5.89 Å². The maximum absolute atomic E-state index is 11.7. The van der Waals surface area contributed by atoms with Gasteiger partial charge in [-0.05, 0) is 0 Å². The number of alkyl halides is 1. The van der Waals surface area contributed by atoms with Crippen molar-refractivity contribution in [3.05, 3.63) is 17.8 Å². The Morgan fingerprint density at radius 3 is 3.08 bits per heavy atom. The fraction of sp³-hybridized carbons (Fsp3) is 0.625. The Hall–Kier alpha value is -0.900. The lowest BCUT2D eigenvalue weighted by Gasteiger charge is -1.95. The van der Waals surface area contributed by atoms with Gasteiger partial charge in [0.25, 0.3) is 0 Å². The van der Waals surface area contributed by atoms with Crippen LogP contribution in [0.2, 0.25) is 0 Å². The van der Waals surface area contributed by atoms with E-state index >= 15 is 0 Å². The highest BCUT2D eigenvalue weighted by Gasteiger charge is 2.00. The Kier molecular flexibility index (Phi) is 3.73. The van der Waals surface area contributed by atoms with Gasteiger partial charge in [0.1, 0.15) is 12.4 Å². The van der Waals surface area contributed by atoms with Crippen LogP contribution >= 0.6 is 0 Å². The van der Waals surface area contributed by atoms with Gasteiger partial charge in [-0.15, -0.1) is 0 Å². The molecule has 0 fully saturated rings. The first-order chi connectivity index (χ1) is 5.86. The fourth-order valence-electron chi connectivity index (χ4n) is 0.855. The molecule has 12 heavy (non-hydrogen) atoms. The van der Waals surface area contributed by atoms with Crippen molar-refractivity contribution in [3.8, 4) is 0 Å². The molecule has 0 unspecified atom stereocenters. The van der Waals surface area contributed by atoms with Gasteiger partial charge in [-0.25, -0.2) is 9.37 Å². The van der Waals surface area contributed by atoms with Crippen LogP contribution in [-0.2, 0) is 13.0 Å². The number of nitrogens with one attached hydrogen (secondary N) is 1.